The molecule has 1 aliphatic carbocycles. The number of Topliss-reactive ketones (excluding diaryl/α,β-unsaturated/α-hetero) is 1. The highest BCUT2D eigenvalue weighted by atomic mass is 16.5. The van der Waals surface area contributed by atoms with E-state index < -0.39 is 5.41 Å². The van der Waals surface area contributed by atoms with Gasteiger partial charge < -0.3 is 14.6 Å². The number of methoxy groups -OCH3 is 1. The average molecular weight is 376 g/mol. The number of nitrogens with one attached hydrogen (secondary N) is 1. The number of benzene rings is 2. The lowest BCUT2D eigenvalue weighted by atomic mass is 10.00. The van der Waals surface area contributed by atoms with Gasteiger partial charge in [-0.2, -0.15) is 0 Å². The van der Waals surface area contributed by atoms with Crippen LogP contribution in [0.15, 0.2) is 59.1 Å². The SMILES string of the molecule is COc1cccc(-c2cc(C3(C(=O)Nc4cccc(C(C)=O)c4)CC3)no2)c1. The van der Waals surface area contributed by atoms with Crippen molar-refractivity contribution < 1.29 is 18.8 Å². The van der Waals surface area contributed by atoms with Crippen LogP contribution < -0.4 is 10.1 Å². The van der Waals surface area contributed by atoms with Crippen molar-refractivity contribution in [3.05, 3.63) is 65.9 Å². The van der Waals surface area contributed by atoms with Gasteiger partial charge in [0.05, 0.1) is 18.2 Å². The van der Waals surface area contributed by atoms with Crippen LogP contribution in [0.3, 0.4) is 0 Å². The number of aromatic nitrogens is 1. The van der Waals surface area contributed by atoms with Crippen LogP contribution >= 0.6 is 0 Å². The lowest BCUT2D eigenvalue weighted by Crippen LogP contribution is -2.28. The molecule has 0 bridgehead atoms. The molecule has 0 atom stereocenters. The molecule has 1 N–H and O–H groups in total. The summed E-state index contributed by atoms with van der Waals surface area (Å²) in [5, 5.41) is 7.07. The molecule has 142 valence electrons. The van der Waals surface area contributed by atoms with Crippen LogP contribution in [-0.4, -0.2) is 24.0 Å². The molecular weight excluding hydrogens is 356 g/mol. The molecule has 0 unspecified atom stereocenters. The Hall–Kier alpha value is -3.41. The summed E-state index contributed by atoms with van der Waals surface area (Å²) in [4.78, 5) is 24.5. The standard InChI is InChI=1S/C22H20N2O4/c1-14(25)15-5-3-7-17(11-15)23-21(26)22(9-10-22)20-13-19(28-24-20)16-6-4-8-18(12-16)27-2/h3-8,11-13H,9-10H2,1-2H3,(H,23,26). The van der Waals surface area contributed by atoms with E-state index in [1.54, 1.807) is 31.4 Å². The molecule has 6 nitrogen and oxygen atoms in total. The molecule has 1 fully saturated rings. The third kappa shape index (κ3) is 3.29. The second-order valence-corrected chi connectivity index (χ2v) is 6.98. The van der Waals surface area contributed by atoms with Crippen molar-refractivity contribution in [1.29, 1.82) is 0 Å². The summed E-state index contributed by atoms with van der Waals surface area (Å²) in [6.07, 6.45) is 1.41. The average Bonchev–Trinajstić information content (AvgIpc) is 3.38. The van der Waals surface area contributed by atoms with Gasteiger partial charge in [0.2, 0.25) is 5.91 Å². The maximum absolute atomic E-state index is 12.9. The Kier molecular flexibility index (Phi) is 4.47. The van der Waals surface area contributed by atoms with Crippen LogP contribution in [0.2, 0.25) is 0 Å². The second-order valence-electron chi connectivity index (χ2n) is 6.98. The number of ether oxygens (including phenoxy) is 1. The fraction of sp³-hybridized carbons (Fsp3) is 0.227. The quantitative estimate of drug-likeness (QED) is 0.651. The summed E-state index contributed by atoms with van der Waals surface area (Å²) in [6, 6.07) is 16.2. The number of anilines is 1. The molecule has 2 aromatic carbocycles. The Morgan fingerprint density at radius 3 is 2.61 bits per heavy atom. The van der Waals surface area contributed by atoms with Crippen molar-refractivity contribution in [3.63, 3.8) is 0 Å². The smallest absolute Gasteiger partial charge is 0.236 e. The minimum Gasteiger partial charge on any atom is -0.497 e. The summed E-state index contributed by atoms with van der Waals surface area (Å²) in [6.45, 7) is 1.50. The predicted molar refractivity (Wildman–Crippen MR) is 104 cm³/mol. The largest absolute Gasteiger partial charge is 0.497 e. The van der Waals surface area contributed by atoms with Crippen molar-refractivity contribution in [2.45, 2.75) is 25.2 Å². The monoisotopic (exact) mass is 376 g/mol. The van der Waals surface area contributed by atoms with Gasteiger partial charge in [-0.05, 0) is 44.0 Å². The van der Waals surface area contributed by atoms with Gasteiger partial charge >= 0.3 is 0 Å². The maximum Gasteiger partial charge on any atom is 0.236 e. The first-order valence-corrected chi connectivity index (χ1v) is 9.06. The zero-order valence-electron chi connectivity index (χ0n) is 15.7. The van der Waals surface area contributed by atoms with Gasteiger partial charge in [-0.1, -0.05) is 29.4 Å². The highest BCUT2D eigenvalue weighted by Crippen LogP contribution is 2.49. The van der Waals surface area contributed by atoms with Crippen LogP contribution in [-0.2, 0) is 10.2 Å². The van der Waals surface area contributed by atoms with Gasteiger partial charge in [-0.25, -0.2) is 0 Å². The lowest BCUT2D eigenvalue weighted by Gasteiger charge is -2.13. The molecule has 0 spiro atoms. The van der Waals surface area contributed by atoms with E-state index in [0.29, 0.717) is 35.5 Å². The molecule has 28 heavy (non-hydrogen) atoms. The molecule has 1 saturated carbocycles. The number of hydrogen-bond donors (Lipinski definition) is 1. The van der Waals surface area contributed by atoms with Crippen molar-refractivity contribution in [1.82, 2.24) is 5.16 Å². The van der Waals surface area contributed by atoms with Crippen molar-refractivity contribution in [2.75, 3.05) is 12.4 Å². The molecular formula is C22H20N2O4. The first kappa shape index (κ1) is 18.0. The first-order chi connectivity index (χ1) is 13.5. The van der Waals surface area contributed by atoms with Gasteiger partial charge in [-0.15, -0.1) is 0 Å². The van der Waals surface area contributed by atoms with Gasteiger partial charge in [0.15, 0.2) is 11.5 Å². The molecule has 0 aliphatic heterocycles. The Morgan fingerprint density at radius 2 is 1.89 bits per heavy atom. The second kappa shape index (κ2) is 6.96. The number of ketones is 1. The van der Waals surface area contributed by atoms with Crippen molar-refractivity contribution in [3.8, 4) is 17.1 Å². The summed E-state index contributed by atoms with van der Waals surface area (Å²) < 4.78 is 10.7. The Labute approximate surface area is 162 Å². The third-order valence-electron chi connectivity index (χ3n) is 5.07. The number of carbonyl (C=O) groups excluding carboxylic acids is 2. The number of carbonyl (C=O) groups is 2. The van der Waals surface area contributed by atoms with Crippen LogP contribution in [0.5, 0.6) is 5.75 Å². The summed E-state index contributed by atoms with van der Waals surface area (Å²) in [5.74, 6) is 1.13. The summed E-state index contributed by atoms with van der Waals surface area (Å²) in [7, 11) is 1.61. The minimum atomic E-state index is -0.688. The molecule has 1 aliphatic rings. The van der Waals surface area contributed by atoms with E-state index in [0.717, 1.165) is 11.3 Å². The molecule has 1 amide bonds. The van der Waals surface area contributed by atoms with Crippen molar-refractivity contribution in [2.24, 2.45) is 0 Å². The third-order valence-corrected chi connectivity index (χ3v) is 5.07. The predicted octanol–water partition coefficient (Wildman–Crippen LogP) is 4.22. The highest BCUT2D eigenvalue weighted by molar-refractivity contribution is 6.02. The van der Waals surface area contributed by atoms with Gasteiger partial charge in [0.25, 0.3) is 0 Å². The van der Waals surface area contributed by atoms with E-state index in [9.17, 15) is 9.59 Å². The van der Waals surface area contributed by atoms with Crippen molar-refractivity contribution >= 4 is 17.4 Å². The van der Waals surface area contributed by atoms with E-state index >= 15 is 0 Å². The normalized spacial score (nSPS) is 14.4. The summed E-state index contributed by atoms with van der Waals surface area (Å²) in [5.41, 5.74) is 1.92. The minimum absolute atomic E-state index is 0.0448. The van der Waals surface area contributed by atoms with E-state index in [-0.39, 0.29) is 11.7 Å². The van der Waals surface area contributed by atoms with Crippen LogP contribution in [0, 0.1) is 0 Å². The fourth-order valence-electron chi connectivity index (χ4n) is 3.20. The van der Waals surface area contributed by atoms with E-state index in [4.69, 9.17) is 9.26 Å². The zero-order valence-corrected chi connectivity index (χ0v) is 15.7. The number of amides is 1. The lowest BCUT2D eigenvalue weighted by molar-refractivity contribution is -0.118. The van der Waals surface area contributed by atoms with Gasteiger partial charge in [0, 0.05) is 22.9 Å². The highest BCUT2D eigenvalue weighted by Gasteiger charge is 2.53. The molecule has 1 aromatic heterocycles. The molecule has 1 heterocycles. The van der Waals surface area contributed by atoms with E-state index in [2.05, 4.69) is 10.5 Å². The van der Waals surface area contributed by atoms with Crippen LogP contribution in [0.4, 0.5) is 5.69 Å². The summed E-state index contributed by atoms with van der Waals surface area (Å²) >= 11 is 0. The van der Waals surface area contributed by atoms with E-state index in [1.807, 2.05) is 30.3 Å². The first-order valence-electron chi connectivity index (χ1n) is 9.06. The Balaban J connectivity index is 1.56. The van der Waals surface area contributed by atoms with Crippen LogP contribution in [0.1, 0.15) is 35.8 Å². The fourth-order valence-corrected chi connectivity index (χ4v) is 3.20. The molecule has 3 aromatic rings. The maximum atomic E-state index is 12.9. The molecule has 6 heteroatoms. The molecule has 0 radical (unpaired) electrons. The van der Waals surface area contributed by atoms with Gasteiger partial charge in [-0.3, -0.25) is 9.59 Å². The molecule has 4 rings (SSSR count). The van der Waals surface area contributed by atoms with E-state index in [1.165, 1.54) is 6.92 Å². The number of hydrogen-bond acceptors (Lipinski definition) is 5. The Bertz CT molecular complexity index is 1050. The zero-order chi connectivity index (χ0) is 19.7. The van der Waals surface area contributed by atoms with Gasteiger partial charge in [0.1, 0.15) is 5.75 Å². The topological polar surface area (TPSA) is 81.4 Å². The van der Waals surface area contributed by atoms with Crippen LogP contribution in [0.25, 0.3) is 11.3 Å². The number of rotatable bonds is 6. The number of nitrogens with zero attached hydrogens (tertiary/aromatic N) is 1. The molecule has 0 saturated heterocycles. The Morgan fingerprint density at radius 1 is 1.11 bits per heavy atom.